The Kier molecular flexibility index (Phi) is 9.14. The summed E-state index contributed by atoms with van der Waals surface area (Å²) in [6.07, 6.45) is 0.814. The molecule has 2 rings (SSSR count). The SMILES string of the molecule is CC[C@@H](C)NC(=O)[C@@H](C)N(Cc1cccc(Cl)c1)C(=O)COc1ccc(C(C)(C)C)cc1. The average molecular weight is 459 g/mol. The van der Waals surface area contributed by atoms with Gasteiger partial charge in [-0.3, -0.25) is 9.59 Å². The summed E-state index contributed by atoms with van der Waals surface area (Å²) in [4.78, 5) is 27.4. The predicted octanol–water partition coefficient (Wildman–Crippen LogP) is 5.35. The molecule has 32 heavy (non-hydrogen) atoms. The average Bonchev–Trinajstić information content (AvgIpc) is 2.75. The van der Waals surface area contributed by atoms with Crippen LogP contribution in [-0.4, -0.2) is 35.4 Å². The van der Waals surface area contributed by atoms with Gasteiger partial charge in [0.2, 0.25) is 5.91 Å². The molecule has 6 heteroatoms. The highest BCUT2D eigenvalue weighted by atomic mass is 35.5. The van der Waals surface area contributed by atoms with Crippen LogP contribution < -0.4 is 10.1 Å². The Labute approximate surface area is 197 Å². The minimum absolute atomic E-state index is 0.0330. The van der Waals surface area contributed by atoms with Crippen molar-refractivity contribution in [2.75, 3.05) is 6.61 Å². The Balaban J connectivity index is 2.14. The lowest BCUT2D eigenvalue weighted by Gasteiger charge is -2.29. The van der Waals surface area contributed by atoms with E-state index in [0.717, 1.165) is 12.0 Å². The molecule has 2 aromatic rings. The van der Waals surface area contributed by atoms with Crippen molar-refractivity contribution in [1.82, 2.24) is 10.2 Å². The molecule has 0 aliphatic heterocycles. The highest BCUT2D eigenvalue weighted by molar-refractivity contribution is 6.30. The number of rotatable bonds is 9. The van der Waals surface area contributed by atoms with Gasteiger partial charge in [-0.25, -0.2) is 0 Å². The number of amides is 2. The fourth-order valence-electron chi connectivity index (χ4n) is 3.16. The van der Waals surface area contributed by atoms with Crippen molar-refractivity contribution in [3.05, 3.63) is 64.7 Å². The quantitative estimate of drug-likeness (QED) is 0.551. The van der Waals surface area contributed by atoms with Crippen LogP contribution >= 0.6 is 11.6 Å². The second-order valence-electron chi connectivity index (χ2n) is 9.21. The molecule has 1 N–H and O–H groups in total. The number of nitrogens with zero attached hydrogens (tertiary/aromatic N) is 1. The largest absolute Gasteiger partial charge is 0.484 e. The van der Waals surface area contributed by atoms with Crippen LogP contribution in [0.1, 0.15) is 59.1 Å². The molecule has 0 aliphatic rings. The van der Waals surface area contributed by atoms with Crippen LogP contribution in [0, 0.1) is 0 Å². The molecule has 0 fully saturated rings. The Morgan fingerprint density at radius 3 is 2.31 bits per heavy atom. The molecule has 0 aromatic heterocycles. The van der Waals surface area contributed by atoms with Gasteiger partial charge in [0.1, 0.15) is 11.8 Å². The van der Waals surface area contributed by atoms with Gasteiger partial charge in [0.05, 0.1) is 0 Å². The molecule has 0 saturated heterocycles. The van der Waals surface area contributed by atoms with Gasteiger partial charge in [-0.2, -0.15) is 0 Å². The van der Waals surface area contributed by atoms with E-state index in [4.69, 9.17) is 16.3 Å². The zero-order valence-corrected chi connectivity index (χ0v) is 20.7. The minimum Gasteiger partial charge on any atom is -0.484 e. The number of ether oxygens (including phenoxy) is 1. The Morgan fingerprint density at radius 2 is 1.75 bits per heavy atom. The molecule has 0 aliphatic carbocycles. The van der Waals surface area contributed by atoms with Crippen LogP contribution in [0.15, 0.2) is 48.5 Å². The molecule has 0 heterocycles. The molecule has 0 bridgehead atoms. The summed E-state index contributed by atoms with van der Waals surface area (Å²) in [5, 5.41) is 3.54. The lowest BCUT2D eigenvalue weighted by molar-refractivity contribution is -0.142. The van der Waals surface area contributed by atoms with Crippen molar-refractivity contribution in [2.24, 2.45) is 0 Å². The summed E-state index contributed by atoms with van der Waals surface area (Å²) >= 11 is 6.12. The lowest BCUT2D eigenvalue weighted by Crippen LogP contribution is -2.50. The van der Waals surface area contributed by atoms with Gasteiger partial charge in [-0.15, -0.1) is 0 Å². The molecule has 5 nitrogen and oxygen atoms in total. The first kappa shape index (κ1) is 25.7. The number of hydrogen-bond donors (Lipinski definition) is 1. The molecule has 0 spiro atoms. The summed E-state index contributed by atoms with van der Waals surface area (Å²) in [7, 11) is 0. The third-order valence-corrected chi connectivity index (χ3v) is 5.73. The molecule has 174 valence electrons. The third kappa shape index (κ3) is 7.56. The second-order valence-corrected chi connectivity index (χ2v) is 9.64. The Bertz CT molecular complexity index is 906. The van der Waals surface area contributed by atoms with Crippen molar-refractivity contribution in [2.45, 2.75) is 72.0 Å². The number of halogens is 1. The van der Waals surface area contributed by atoms with Crippen molar-refractivity contribution in [3.63, 3.8) is 0 Å². The van der Waals surface area contributed by atoms with Crippen molar-refractivity contribution in [3.8, 4) is 5.75 Å². The zero-order chi connectivity index (χ0) is 23.9. The number of hydrogen-bond acceptors (Lipinski definition) is 3. The normalized spacial score (nSPS) is 13.2. The summed E-state index contributed by atoms with van der Waals surface area (Å²) in [5.74, 6) is 0.159. The first-order valence-electron chi connectivity index (χ1n) is 11.1. The van der Waals surface area contributed by atoms with E-state index in [2.05, 4.69) is 26.1 Å². The fraction of sp³-hybridized carbons (Fsp3) is 0.462. The highest BCUT2D eigenvalue weighted by Gasteiger charge is 2.27. The van der Waals surface area contributed by atoms with E-state index in [1.54, 1.807) is 19.1 Å². The van der Waals surface area contributed by atoms with E-state index >= 15 is 0 Å². The van der Waals surface area contributed by atoms with Crippen molar-refractivity contribution >= 4 is 23.4 Å². The minimum atomic E-state index is -0.651. The third-order valence-electron chi connectivity index (χ3n) is 5.49. The summed E-state index contributed by atoms with van der Waals surface area (Å²) in [5.41, 5.74) is 2.08. The van der Waals surface area contributed by atoms with E-state index in [1.165, 1.54) is 10.5 Å². The molecule has 2 amide bonds. The number of nitrogens with one attached hydrogen (secondary N) is 1. The maximum absolute atomic E-state index is 13.1. The van der Waals surface area contributed by atoms with E-state index in [9.17, 15) is 9.59 Å². The number of carbonyl (C=O) groups is 2. The Morgan fingerprint density at radius 1 is 1.09 bits per heavy atom. The van der Waals surface area contributed by atoms with Gasteiger partial charge in [0, 0.05) is 17.6 Å². The lowest BCUT2D eigenvalue weighted by atomic mass is 9.87. The molecule has 0 radical (unpaired) electrons. The first-order chi connectivity index (χ1) is 15.0. The van der Waals surface area contributed by atoms with Crippen molar-refractivity contribution in [1.29, 1.82) is 0 Å². The monoisotopic (exact) mass is 458 g/mol. The highest BCUT2D eigenvalue weighted by Crippen LogP contribution is 2.24. The van der Waals surface area contributed by atoms with E-state index in [-0.39, 0.29) is 36.4 Å². The van der Waals surface area contributed by atoms with Crippen LogP contribution in [0.3, 0.4) is 0 Å². The molecule has 2 atom stereocenters. The fourth-order valence-corrected chi connectivity index (χ4v) is 3.37. The summed E-state index contributed by atoms with van der Waals surface area (Å²) < 4.78 is 5.76. The van der Waals surface area contributed by atoms with E-state index in [0.29, 0.717) is 10.8 Å². The molecular formula is C26H35ClN2O3. The Hall–Kier alpha value is -2.53. The van der Waals surface area contributed by atoms with Crippen molar-refractivity contribution < 1.29 is 14.3 Å². The maximum Gasteiger partial charge on any atom is 0.261 e. The van der Waals surface area contributed by atoms with Gasteiger partial charge in [-0.1, -0.05) is 63.6 Å². The molecule has 2 aromatic carbocycles. The van der Waals surface area contributed by atoms with Crippen LogP contribution in [-0.2, 0) is 21.5 Å². The number of carbonyl (C=O) groups excluding carboxylic acids is 2. The van der Waals surface area contributed by atoms with E-state index < -0.39 is 6.04 Å². The maximum atomic E-state index is 13.1. The number of benzene rings is 2. The predicted molar refractivity (Wildman–Crippen MR) is 130 cm³/mol. The topological polar surface area (TPSA) is 58.6 Å². The summed E-state index contributed by atoms with van der Waals surface area (Å²) in [6.45, 7) is 12.2. The molecule has 0 unspecified atom stereocenters. The van der Waals surface area contributed by atoms with Crippen LogP contribution in [0.4, 0.5) is 0 Å². The second kappa shape index (κ2) is 11.4. The van der Waals surface area contributed by atoms with Gasteiger partial charge in [0.25, 0.3) is 5.91 Å². The smallest absolute Gasteiger partial charge is 0.261 e. The van der Waals surface area contributed by atoms with Gasteiger partial charge in [-0.05, 0) is 61.1 Å². The first-order valence-corrected chi connectivity index (χ1v) is 11.5. The van der Waals surface area contributed by atoms with Crippen LogP contribution in [0.2, 0.25) is 5.02 Å². The van der Waals surface area contributed by atoms with Gasteiger partial charge >= 0.3 is 0 Å². The van der Waals surface area contributed by atoms with Crippen LogP contribution in [0.25, 0.3) is 0 Å². The molecular weight excluding hydrogens is 424 g/mol. The van der Waals surface area contributed by atoms with Crippen LogP contribution in [0.5, 0.6) is 5.75 Å². The van der Waals surface area contributed by atoms with Gasteiger partial charge in [0.15, 0.2) is 6.61 Å². The van der Waals surface area contributed by atoms with Gasteiger partial charge < -0.3 is 15.0 Å². The summed E-state index contributed by atoms with van der Waals surface area (Å²) in [6, 6.07) is 14.4. The molecule has 0 saturated carbocycles. The van der Waals surface area contributed by atoms with E-state index in [1.807, 2.05) is 50.2 Å². The standard InChI is InChI=1S/C26H35ClN2O3/c1-7-18(2)28-25(31)19(3)29(16-20-9-8-10-22(27)15-20)24(30)17-32-23-13-11-21(12-14-23)26(4,5)6/h8-15,18-19H,7,16-17H2,1-6H3,(H,28,31)/t18-,19-/m1/s1. The zero-order valence-electron chi connectivity index (χ0n) is 19.9.